The number of rotatable bonds is 11. The smallest absolute Gasteiger partial charge is 0.440 e. The minimum atomic E-state index is -0.858. The average molecular weight is 494 g/mol. The van der Waals surface area contributed by atoms with Crippen molar-refractivity contribution in [3.05, 3.63) is 108 Å². The van der Waals surface area contributed by atoms with E-state index in [1.807, 2.05) is 85.8 Å². The molecule has 0 aliphatic heterocycles. The van der Waals surface area contributed by atoms with Gasteiger partial charge in [0.1, 0.15) is 12.4 Å². The van der Waals surface area contributed by atoms with Crippen LogP contribution in [0.2, 0.25) is 0 Å². The van der Waals surface area contributed by atoms with E-state index in [2.05, 4.69) is 4.36 Å². The molecule has 1 N–H and O–H groups in total. The predicted octanol–water partition coefficient (Wildman–Crippen LogP) is 5.64. The van der Waals surface area contributed by atoms with Gasteiger partial charge in [-0.25, -0.2) is 4.79 Å². The SMILES string of the molecule is COc1ccc(COC/C=C\[C@H](O)C/[S@@](=N\C(=O)OCc2ccccc2)c2ccc(C)cc2)cc1. The molecule has 0 fully saturated rings. The van der Waals surface area contributed by atoms with Gasteiger partial charge in [0.2, 0.25) is 0 Å². The molecule has 1 amide bonds. The summed E-state index contributed by atoms with van der Waals surface area (Å²) < 4.78 is 20.4. The van der Waals surface area contributed by atoms with Crippen LogP contribution in [0.25, 0.3) is 0 Å². The molecule has 6 nitrogen and oxygen atoms in total. The van der Waals surface area contributed by atoms with Gasteiger partial charge < -0.3 is 19.3 Å². The first-order valence-corrected chi connectivity index (χ1v) is 12.6. The Hall–Kier alpha value is -3.26. The minimum absolute atomic E-state index is 0.155. The summed E-state index contributed by atoms with van der Waals surface area (Å²) >= 11 is 0. The maximum absolute atomic E-state index is 12.4. The molecule has 184 valence electrons. The number of methoxy groups -OCH3 is 1. The number of carbonyl (C=O) groups excluding carboxylic acids is 1. The Bertz CT molecular complexity index is 1110. The van der Waals surface area contributed by atoms with Crippen LogP contribution in [0.1, 0.15) is 16.7 Å². The van der Waals surface area contributed by atoms with Gasteiger partial charge in [-0.3, -0.25) is 0 Å². The number of nitrogens with zero attached hydrogens (tertiary/aromatic N) is 1. The molecule has 0 saturated carbocycles. The van der Waals surface area contributed by atoms with E-state index in [0.29, 0.717) is 13.2 Å². The fraction of sp³-hybridized carbons (Fsp3) is 0.250. The molecular formula is C28H31NO5S. The van der Waals surface area contributed by atoms with Gasteiger partial charge in [-0.1, -0.05) is 83.0 Å². The number of ether oxygens (including phenoxy) is 3. The molecule has 0 aromatic heterocycles. The Balaban J connectivity index is 1.55. The van der Waals surface area contributed by atoms with Gasteiger partial charge in [0.25, 0.3) is 0 Å². The molecule has 0 heterocycles. The second-order valence-corrected chi connectivity index (χ2v) is 9.55. The average Bonchev–Trinajstić information content (AvgIpc) is 2.88. The van der Waals surface area contributed by atoms with Crippen molar-refractivity contribution in [3.63, 3.8) is 0 Å². The standard InChI is InChI=1S/C28H31NO5S/c1-22-10-16-27(17-11-22)35(29-28(31)34-20-23-7-4-3-5-8-23)21-25(30)9-6-18-33-19-24-12-14-26(32-2)15-13-24/h3-17,25,30H,18-21H2,1-2H3/b9-6-/t25-,35+/m0/s1. The number of hydrogen-bond donors (Lipinski definition) is 1. The third-order valence-corrected chi connectivity index (χ3v) is 6.85. The summed E-state index contributed by atoms with van der Waals surface area (Å²) in [7, 11) is 0.774. The first kappa shape index (κ1) is 26.3. The maximum Gasteiger partial charge on any atom is 0.440 e. The molecule has 3 rings (SSSR count). The highest BCUT2D eigenvalue weighted by Crippen LogP contribution is 2.14. The van der Waals surface area contributed by atoms with E-state index in [9.17, 15) is 9.90 Å². The van der Waals surface area contributed by atoms with Crippen LogP contribution >= 0.6 is 0 Å². The molecule has 0 radical (unpaired) electrons. The fourth-order valence-corrected chi connectivity index (χ4v) is 4.60. The lowest BCUT2D eigenvalue weighted by atomic mass is 10.2. The summed E-state index contributed by atoms with van der Waals surface area (Å²) in [5, 5.41) is 10.6. The molecular weight excluding hydrogens is 462 g/mol. The predicted molar refractivity (Wildman–Crippen MR) is 139 cm³/mol. The van der Waals surface area contributed by atoms with Crippen molar-refractivity contribution in [2.24, 2.45) is 4.36 Å². The minimum Gasteiger partial charge on any atom is -0.497 e. The van der Waals surface area contributed by atoms with Crippen LogP contribution in [0.4, 0.5) is 4.79 Å². The van der Waals surface area contributed by atoms with Gasteiger partial charge >= 0.3 is 6.09 Å². The van der Waals surface area contributed by atoms with Gasteiger partial charge in [0.05, 0.1) is 26.4 Å². The van der Waals surface area contributed by atoms with Crippen molar-refractivity contribution in [1.29, 1.82) is 0 Å². The number of aliphatic hydroxyl groups is 1. The lowest BCUT2D eigenvalue weighted by Gasteiger charge is -2.12. The van der Waals surface area contributed by atoms with Crippen molar-refractivity contribution in [1.82, 2.24) is 0 Å². The summed E-state index contributed by atoms with van der Waals surface area (Å²) in [4.78, 5) is 13.3. The molecule has 7 heteroatoms. The third kappa shape index (κ3) is 9.48. The van der Waals surface area contributed by atoms with E-state index >= 15 is 0 Å². The van der Waals surface area contributed by atoms with Crippen molar-refractivity contribution < 1.29 is 24.1 Å². The molecule has 3 aromatic rings. The lowest BCUT2D eigenvalue weighted by molar-refractivity contribution is 0.147. The van der Waals surface area contributed by atoms with E-state index in [0.717, 1.165) is 27.3 Å². The van der Waals surface area contributed by atoms with Crippen LogP contribution in [0.5, 0.6) is 5.75 Å². The highest BCUT2D eigenvalue weighted by atomic mass is 32.2. The molecule has 0 bridgehead atoms. The summed E-state index contributed by atoms with van der Waals surface area (Å²) in [5.74, 6) is 1.08. The van der Waals surface area contributed by atoms with Crippen molar-refractivity contribution in [2.75, 3.05) is 19.5 Å². The number of hydrogen-bond acceptors (Lipinski definition) is 5. The number of aryl methyl sites for hydroxylation is 1. The van der Waals surface area contributed by atoms with Crippen LogP contribution < -0.4 is 4.74 Å². The zero-order valence-electron chi connectivity index (χ0n) is 20.0. The van der Waals surface area contributed by atoms with Crippen molar-refractivity contribution in [3.8, 4) is 5.75 Å². The molecule has 2 atom stereocenters. The van der Waals surface area contributed by atoms with Crippen LogP contribution in [-0.2, 0) is 33.4 Å². The van der Waals surface area contributed by atoms with E-state index in [1.165, 1.54) is 0 Å². The quantitative estimate of drug-likeness (QED) is 0.276. The van der Waals surface area contributed by atoms with E-state index < -0.39 is 22.9 Å². The zero-order valence-corrected chi connectivity index (χ0v) is 20.8. The Kier molecular flexibility index (Phi) is 10.7. The Morgan fingerprint density at radius 1 is 0.971 bits per heavy atom. The molecule has 3 aromatic carbocycles. The summed E-state index contributed by atoms with van der Waals surface area (Å²) in [5.41, 5.74) is 3.04. The van der Waals surface area contributed by atoms with Crippen LogP contribution in [0, 0.1) is 6.92 Å². The topological polar surface area (TPSA) is 77.4 Å². The van der Waals surface area contributed by atoms with E-state index in [4.69, 9.17) is 14.2 Å². The monoisotopic (exact) mass is 493 g/mol. The molecule has 0 aliphatic carbocycles. The summed E-state index contributed by atoms with van der Waals surface area (Å²) in [6.07, 6.45) is 2.03. The highest BCUT2D eigenvalue weighted by Gasteiger charge is 2.11. The van der Waals surface area contributed by atoms with Gasteiger partial charge in [-0.05, 0) is 42.3 Å². The first-order chi connectivity index (χ1) is 17.0. The molecule has 0 aliphatic rings. The lowest BCUT2D eigenvalue weighted by Crippen LogP contribution is -2.16. The zero-order chi connectivity index (χ0) is 24.9. The Labute approximate surface area is 209 Å². The Morgan fingerprint density at radius 3 is 2.34 bits per heavy atom. The highest BCUT2D eigenvalue weighted by molar-refractivity contribution is 7.87. The van der Waals surface area contributed by atoms with E-state index in [-0.39, 0.29) is 12.4 Å². The number of aliphatic hydroxyl groups excluding tert-OH is 1. The van der Waals surface area contributed by atoms with Crippen molar-refractivity contribution >= 4 is 16.8 Å². The van der Waals surface area contributed by atoms with Crippen LogP contribution in [0.15, 0.2) is 100 Å². The first-order valence-electron chi connectivity index (χ1n) is 11.3. The maximum atomic E-state index is 12.4. The molecule has 35 heavy (non-hydrogen) atoms. The third-order valence-electron chi connectivity index (χ3n) is 5.01. The Morgan fingerprint density at radius 2 is 1.66 bits per heavy atom. The van der Waals surface area contributed by atoms with Crippen LogP contribution in [0.3, 0.4) is 0 Å². The second-order valence-electron chi connectivity index (χ2n) is 7.83. The molecule has 0 saturated heterocycles. The summed E-state index contributed by atoms with van der Waals surface area (Å²) in [6.45, 7) is 2.97. The molecule has 0 spiro atoms. The van der Waals surface area contributed by atoms with Gasteiger partial charge in [0, 0.05) is 10.6 Å². The van der Waals surface area contributed by atoms with Gasteiger partial charge in [-0.2, -0.15) is 0 Å². The van der Waals surface area contributed by atoms with Gasteiger partial charge in [0.15, 0.2) is 0 Å². The summed E-state index contributed by atoms with van der Waals surface area (Å²) in [6, 6.07) is 24.9. The number of benzene rings is 3. The number of amides is 1. The van der Waals surface area contributed by atoms with Gasteiger partial charge in [-0.15, -0.1) is 4.36 Å². The number of carbonyl (C=O) groups is 1. The fourth-order valence-electron chi connectivity index (χ4n) is 3.11. The second kappa shape index (κ2) is 14.2. The van der Waals surface area contributed by atoms with Crippen LogP contribution in [-0.4, -0.2) is 36.8 Å². The van der Waals surface area contributed by atoms with Crippen molar-refractivity contribution in [2.45, 2.75) is 31.1 Å². The normalized spacial score (nSPS) is 13.0. The van der Waals surface area contributed by atoms with E-state index in [1.54, 1.807) is 19.3 Å². The molecule has 0 unspecified atom stereocenters. The largest absolute Gasteiger partial charge is 0.497 e.